The summed E-state index contributed by atoms with van der Waals surface area (Å²) in [7, 11) is -4.94. The molecule has 0 aliphatic carbocycles. The summed E-state index contributed by atoms with van der Waals surface area (Å²) in [6, 6.07) is 12.6. The van der Waals surface area contributed by atoms with Gasteiger partial charge in [-0.2, -0.15) is 0 Å². The number of nitrogens with zero attached hydrogens (tertiary/aromatic N) is 2. The standard InChI is InChI=1S/C14H13N2.ClHO4/c1-10-9-11(2)16-8-7-12-5-3-4-6-13(12)14(16)15-10;2-1(3,4)5/h3-9H,1-2H3;(H,2,3,4,5)/q+1;/p-1. The summed E-state index contributed by atoms with van der Waals surface area (Å²) in [5.41, 5.74) is 3.32. The zero-order valence-electron chi connectivity index (χ0n) is 11.4. The smallest absolute Gasteiger partial charge is 0.222 e. The van der Waals surface area contributed by atoms with Crippen LogP contribution < -0.4 is 23.0 Å². The number of fused-ring (bicyclic) bond motifs is 3. The largest absolute Gasteiger partial charge is 0.335 e. The molecule has 0 atom stereocenters. The molecule has 0 aliphatic heterocycles. The summed E-state index contributed by atoms with van der Waals surface area (Å²) in [5.74, 6) is 0. The van der Waals surface area contributed by atoms with Crippen LogP contribution in [0.3, 0.4) is 0 Å². The Morgan fingerprint density at radius 1 is 1.00 bits per heavy atom. The predicted molar refractivity (Wildman–Crippen MR) is 64.4 cm³/mol. The van der Waals surface area contributed by atoms with Crippen molar-refractivity contribution in [2.75, 3.05) is 0 Å². The summed E-state index contributed by atoms with van der Waals surface area (Å²) < 4.78 is 36.1. The SMILES string of the molecule is Cc1cc(C)[n+]2ccc3ccccc3c2n1.[O-][Cl+3]([O-])([O-])[O-]. The highest BCUT2D eigenvalue weighted by Gasteiger charge is 2.12. The van der Waals surface area contributed by atoms with Gasteiger partial charge in [-0.15, -0.1) is 10.2 Å². The third-order valence-electron chi connectivity index (χ3n) is 2.91. The molecule has 0 amide bonds. The van der Waals surface area contributed by atoms with Crippen LogP contribution in [0, 0.1) is 24.1 Å². The second-order valence-electron chi connectivity index (χ2n) is 4.51. The lowest BCUT2D eigenvalue weighted by atomic mass is 10.1. The fraction of sp³-hybridized carbons (Fsp3) is 0.143. The highest BCUT2D eigenvalue weighted by atomic mass is 35.7. The Kier molecular flexibility index (Phi) is 4.36. The topological polar surface area (TPSA) is 109 Å². The van der Waals surface area contributed by atoms with E-state index in [0.29, 0.717) is 0 Å². The molecule has 0 bridgehead atoms. The monoisotopic (exact) mass is 308 g/mol. The van der Waals surface area contributed by atoms with E-state index in [1.807, 2.05) is 6.92 Å². The molecule has 0 radical (unpaired) electrons. The number of aromatic nitrogens is 2. The minimum Gasteiger partial charge on any atom is -0.222 e. The molecule has 0 fully saturated rings. The molecule has 7 heteroatoms. The number of rotatable bonds is 0. The van der Waals surface area contributed by atoms with Crippen molar-refractivity contribution in [2.45, 2.75) is 13.8 Å². The molecular weight excluding hydrogens is 296 g/mol. The Morgan fingerprint density at radius 3 is 2.29 bits per heavy atom. The lowest BCUT2D eigenvalue weighted by Gasteiger charge is -2.17. The number of hydrogen-bond donors (Lipinski definition) is 0. The van der Waals surface area contributed by atoms with E-state index in [9.17, 15) is 0 Å². The third-order valence-corrected chi connectivity index (χ3v) is 2.91. The van der Waals surface area contributed by atoms with Crippen LogP contribution in [0.25, 0.3) is 16.4 Å². The van der Waals surface area contributed by atoms with Gasteiger partial charge in [0.25, 0.3) is 0 Å². The van der Waals surface area contributed by atoms with Gasteiger partial charge in [0.15, 0.2) is 5.69 Å². The van der Waals surface area contributed by atoms with E-state index < -0.39 is 10.2 Å². The van der Waals surface area contributed by atoms with E-state index in [2.05, 4.69) is 58.9 Å². The van der Waals surface area contributed by atoms with Crippen LogP contribution in [0.15, 0.2) is 42.6 Å². The van der Waals surface area contributed by atoms with Gasteiger partial charge in [0.05, 0.1) is 11.6 Å². The molecule has 2 aromatic heterocycles. The normalized spacial score (nSPS) is 11.3. The predicted octanol–water partition coefficient (Wildman–Crippen LogP) is -2.17. The molecule has 1 aromatic carbocycles. The van der Waals surface area contributed by atoms with Gasteiger partial charge >= 0.3 is 5.65 Å². The Balaban J connectivity index is 0.000000282. The van der Waals surface area contributed by atoms with Crippen molar-refractivity contribution in [2.24, 2.45) is 0 Å². The van der Waals surface area contributed by atoms with Gasteiger partial charge in [-0.05, 0) is 29.4 Å². The Hall–Kier alpha value is -1.83. The van der Waals surface area contributed by atoms with E-state index in [1.54, 1.807) is 0 Å². The van der Waals surface area contributed by atoms with E-state index in [4.69, 9.17) is 18.6 Å². The van der Waals surface area contributed by atoms with Gasteiger partial charge in [-0.3, -0.25) is 0 Å². The molecule has 2 heterocycles. The molecule has 0 saturated heterocycles. The first-order chi connectivity index (χ1) is 9.75. The summed E-state index contributed by atoms with van der Waals surface area (Å²) in [6.07, 6.45) is 2.08. The van der Waals surface area contributed by atoms with Gasteiger partial charge in [-0.25, -0.2) is 23.0 Å². The second kappa shape index (κ2) is 5.88. The van der Waals surface area contributed by atoms with Crippen LogP contribution in [-0.4, -0.2) is 4.98 Å². The lowest BCUT2D eigenvalue weighted by molar-refractivity contribution is -2.00. The van der Waals surface area contributed by atoms with Crippen LogP contribution in [0.4, 0.5) is 0 Å². The van der Waals surface area contributed by atoms with E-state index in [1.165, 1.54) is 16.5 Å². The zero-order chi connectivity index (χ0) is 15.6. The molecule has 0 N–H and O–H groups in total. The van der Waals surface area contributed by atoms with Gasteiger partial charge < -0.3 is 0 Å². The molecular formula is C14H13ClN2O4. The molecule has 0 spiro atoms. The molecule has 21 heavy (non-hydrogen) atoms. The summed E-state index contributed by atoms with van der Waals surface area (Å²) in [6.45, 7) is 4.14. The van der Waals surface area contributed by atoms with Crippen molar-refractivity contribution >= 4 is 16.4 Å². The maximum atomic E-state index is 8.49. The molecule has 3 aromatic rings. The minimum atomic E-state index is -4.94. The van der Waals surface area contributed by atoms with Crippen molar-refractivity contribution in [1.29, 1.82) is 0 Å². The Morgan fingerprint density at radius 2 is 1.62 bits per heavy atom. The Bertz CT molecular complexity index is 781. The van der Waals surface area contributed by atoms with Crippen molar-refractivity contribution in [1.82, 2.24) is 4.98 Å². The summed E-state index contributed by atoms with van der Waals surface area (Å²) >= 11 is 0. The Labute approximate surface area is 123 Å². The fourth-order valence-electron chi connectivity index (χ4n) is 2.17. The quantitative estimate of drug-likeness (QED) is 0.347. The average Bonchev–Trinajstić information content (AvgIpc) is 2.36. The minimum absolute atomic E-state index is 1.04. The van der Waals surface area contributed by atoms with E-state index in [-0.39, 0.29) is 0 Å². The first kappa shape index (κ1) is 15.6. The van der Waals surface area contributed by atoms with Gasteiger partial charge in [0.2, 0.25) is 0 Å². The maximum Gasteiger partial charge on any atom is 0.335 e. The molecule has 110 valence electrons. The maximum absolute atomic E-state index is 8.49. The number of benzene rings is 1. The van der Waals surface area contributed by atoms with Crippen molar-refractivity contribution in [3.63, 3.8) is 0 Å². The van der Waals surface area contributed by atoms with Crippen LogP contribution in [0.1, 0.15) is 11.4 Å². The summed E-state index contributed by atoms with van der Waals surface area (Å²) in [5, 5.41) is 2.44. The lowest BCUT2D eigenvalue weighted by Crippen LogP contribution is -2.68. The van der Waals surface area contributed by atoms with Crippen molar-refractivity contribution in [3.8, 4) is 0 Å². The molecule has 0 unspecified atom stereocenters. The average molecular weight is 309 g/mol. The van der Waals surface area contributed by atoms with E-state index in [0.717, 1.165) is 11.3 Å². The number of pyridine rings is 1. The van der Waals surface area contributed by atoms with Crippen LogP contribution in [-0.2, 0) is 0 Å². The second-order valence-corrected chi connectivity index (χ2v) is 5.27. The van der Waals surface area contributed by atoms with Gasteiger partial charge in [0, 0.05) is 13.0 Å². The number of hydrogen-bond acceptors (Lipinski definition) is 5. The number of halogens is 1. The molecule has 6 nitrogen and oxygen atoms in total. The highest BCUT2D eigenvalue weighted by molar-refractivity contribution is 5.91. The molecule has 0 aliphatic rings. The highest BCUT2D eigenvalue weighted by Crippen LogP contribution is 2.15. The fourth-order valence-corrected chi connectivity index (χ4v) is 2.17. The van der Waals surface area contributed by atoms with Crippen molar-refractivity contribution < 1.29 is 33.3 Å². The molecule has 3 rings (SSSR count). The van der Waals surface area contributed by atoms with Crippen LogP contribution in [0.5, 0.6) is 0 Å². The summed E-state index contributed by atoms with van der Waals surface area (Å²) in [4.78, 5) is 4.63. The third kappa shape index (κ3) is 4.07. The first-order valence-electron chi connectivity index (χ1n) is 6.05. The van der Waals surface area contributed by atoms with Crippen LogP contribution in [0.2, 0.25) is 0 Å². The van der Waals surface area contributed by atoms with Gasteiger partial charge in [0.1, 0.15) is 5.69 Å². The first-order valence-corrected chi connectivity index (χ1v) is 7.28. The van der Waals surface area contributed by atoms with Gasteiger partial charge in [-0.1, -0.05) is 18.2 Å². The molecule has 0 saturated carbocycles. The van der Waals surface area contributed by atoms with Crippen molar-refractivity contribution in [3.05, 3.63) is 54.0 Å². The number of aryl methyl sites for hydroxylation is 2. The van der Waals surface area contributed by atoms with Crippen LogP contribution >= 0.6 is 0 Å². The van der Waals surface area contributed by atoms with E-state index >= 15 is 0 Å². The zero-order valence-corrected chi connectivity index (χ0v) is 12.2.